The third-order valence-electron chi connectivity index (χ3n) is 3.31. The molecule has 0 saturated carbocycles. The average Bonchev–Trinajstić information content (AvgIpc) is 2.80. The maximum Gasteiger partial charge on any atom is 0.303 e. The summed E-state index contributed by atoms with van der Waals surface area (Å²) in [6.07, 6.45) is -0.396. The Kier molecular flexibility index (Phi) is 7.14. The van der Waals surface area contributed by atoms with Crippen LogP contribution in [0.15, 0.2) is 24.3 Å². The van der Waals surface area contributed by atoms with Crippen molar-refractivity contribution in [3.8, 4) is 5.75 Å². The molecule has 118 valence electrons. The van der Waals surface area contributed by atoms with Gasteiger partial charge in [0.2, 0.25) is 0 Å². The molecular weight excluding hydrogens is 274 g/mol. The lowest BCUT2D eigenvalue weighted by Crippen LogP contribution is -2.34. The monoisotopic (exact) mass is 297 g/mol. The Morgan fingerprint density at radius 2 is 1.90 bits per heavy atom. The van der Waals surface area contributed by atoms with Gasteiger partial charge in [-0.05, 0) is 24.1 Å². The highest BCUT2D eigenvalue weighted by Gasteiger charge is 2.32. The second-order valence-electron chi connectivity index (χ2n) is 4.87. The molecule has 3 unspecified atom stereocenters. The Hall–Kier alpha value is -1.63. The zero-order valence-corrected chi connectivity index (χ0v) is 12.3. The molecule has 0 aliphatic carbocycles. The molecule has 1 heterocycles. The Morgan fingerprint density at radius 3 is 2.29 bits per heavy atom. The summed E-state index contributed by atoms with van der Waals surface area (Å²) in [4.78, 5) is 9.37. The van der Waals surface area contributed by atoms with Crippen molar-refractivity contribution in [2.24, 2.45) is 0 Å². The van der Waals surface area contributed by atoms with E-state index in [0.717, 1.165) is 11.3 Å². The van der Waals surface area contributed by atoms with Crippen LogP contribution in [0, 0.1) is 0 Å². The van der Waals surface area contributed by atoms with Crippen LogP contribution >= 0.6 is 0 Å². The molecule has 4 N–H and O–H groups in total. The van der Waals surface area contributed by atoms with Crippen molar-refractivity contribution in [2.45, 2.75) is 38.0 Å². The minimum atomic E-state index is -0.745. The van der Waals surface area contributed by atoms with E-state index in [-0.39, 0.29) is 12.5 Å². The molecule has 1 aromatic rings. The van der Waals surface area contributed by atoms with Crippen molar-refractivity contribution in [1.82, 2.24) is 5.32 Å². The maximum absolute atomic E-state index is 9.68. The molecule has 1 aliphatic heterocycles. The van der Waals surface area contributed by atoms with Crippen LogP contribution in [-0.4, -0.2) is 53.2 Å². The van der Waals surface area contributed by atoms with Gasteiger partial charge in [-0.25, -0.2) is 0 Å². The Labute approximate surface area is 124 Å². The first kappa shape index (κ1) is 17.4. The van der Waals surface area contributed by atoms with E-state index in [0.29, 0.717) is 13.0 Å². The van der Waals surface area contributed by atoms with Gasteiger partial charge in [0, 0.05) is 19.0 Å². The number of carbonyl (C=O) groups is 1. The molecule has 3 atom stereocenters. The second-order valence-corrected chi connectivity index (χ2v) is 4.87. The number of aliphatic hydroxyl groups is 2. The van der Waals surface area contributed by atoms with Crippen LogP contribution in [0.2, 0.25) is 0 Å². The summed E-state index contributed by atoms with van der Waals surface area (Å²) < 4.78 is 5.07. The van der Waals surface area contributed by atoms with Gasteiger partial charge in [-0.1, -0.05) is 19.1 Å². The largest absolute Gasteiger partial charge is 0.497 e. The molecule has 2 rings (SSSR count). The zero-order valence-electron chi connectivity index (χ0n) is 12.3. The number of methoxy groups -OCH3 is 1. The van der Waals surface area contributed by atoms with Crippen LogP contribution in [0.4, 0.5) is 0 Å². The first-order chi connectivity index (χ1) is 9.97. The summed E-state index contributed by atoms with van der Waals surface area (Å²) >= 11 is 0. The van der Waals surface area contributed by atoms with Gasteiger partial charge in [-0.2, -0.15) is 0 Å². The molecule has 0 amide bonds. The van der Waals surface area contributed by atoms with Crippen LogP contribution in [-0.2, 0) is 11.2 Å². The molecule has 1 saturated heterocycles. The lowest BCUT2D eigenvalue weighted by Gasteiger charge is -2.16. The second kappa shape index (κ2) is 8.61. The van der Waals surface area contributed by atoms with E-state index in [2.05, 4.69) is 5.32 Å². The number of rotatable bonds is 4. The number of hydrogen-bond acceptors (Lipinski definition) is 5. The van der Waals surface area contributed by atoms with E-state index >= 15 is 0 Å². The Morgan fingerprint density at radius 1 is 1.33 bits per heavy atom. The number of hydrogen-bond donors (Lipinski definition) is 4. The zero-order chi connectivity index (χ0) is 15.8. The normalized spacial score (nSPS) is 24.1. The summed E-state index contributed by atoms with van der Waals surface area (Å²) in [5.41, 5.74) is 1.12. The minimum absolute atomic E-state index is 0.0663. The fourth-order valence-corrected chi connectivity index (χ4v) is 1.99. The number of carboxylic acids is 1. The van der Waals surface area contributed by atoms with Crippen molar-refractivity contribution in [2.75, 3.05) is 13.7 Å². The summed E-state index contributed by atoms with van der Waals surface area (Å²) in [6.45, 7) is 2.06. The summed E-state index contributed by atoms with van der Waals surface area (Å²) in [5.74, 6) is 0.0775. The molecule has 21 heavy (non-hydrogen) atoms. The van der Waals surface area contributed by atoms with E-state index in [1.54, 1.807) is 14.0 Å². The predicted octanol–water partition coefficient (Wildman–Crippen LogP) is 0.412. The number of carboxylic acid groups (broad SMARTS) is 1. The van der Waals surface area contributed by atoms with E-state index in [1.165, 1.54) is 0 Å². The van der Waals surface area contributed by atoms with Gasteiger partial charge in [0.1, 0.15) is 5.75 Å². The van der Waals surface area contributed by atoms with Crippen LogP contribution in [0.3, 0.4) is 0 Å². The maximum atomic E-state index is 9.68. The average molecular weight is 297 g/mol. The summed E-state index contributed by atoms with van der Waals surface area (Å²) in [7, 11) is 1.63. The van der Waals surface area contributed by atoms with E-state index in [4.69, 9.17) is 9.84 Å². The topological polar surface area (TPSA) is 99.0 Å². The van der Waals surface area contributed by atoms with Crippen LogP contribution < -0.4 is 10.1 Å². The van der Waals surface area contributed by atoms with E-state index in [1.807, 2.05) is 24.3 Å². The van der Waals surface area contributed by atoms with Gasteiger partial charge in [0.25, 0.3) is 0 Å². The number of ether oxygens (including phenoxy) is 1. The lowest BCUT2D eigenvalue weighted by molar-refractivity contribution is -0.136. The Bertz CT molecular complexity index is 434. The van der Waals surface area contributed by atoms with Crippen molar-refractivity contribution in [3.05, 3.63) is 29.8 Å². The third-order valence-corrected chi connectivity index (χ3v) is 3.31. The highest BCUT2D eigenvalue weighted by molar-refractivity contribution is 5.66. The van der Waals surface area contributed by atoms with Gasteiger partial charge in [0.15, 0.2) is 0 Å². The minimum Gasteiger partial charge on any atom is -0.497 e. The van der Waals surface area contributed by atoms with Crippen LogP contribution in [0.1, 0.15) is 18.9 Å². The van der Waals surface area contributed by atoms with Crippen LogP contribution in [0.5, 0.6) is 5.75 Å². The molecule has 6 heteroatoms. The molecule has 0 aromatic heterocycles. The first-order valence-electron chi connectivity index (χ1n) is 6.92. The number of nitrogens with one attached hydrogen (secondary N) is 1. The molecule has 1 aliphatic rings. The number of aliphatic carboxylic acids is 1. The number of aliphatic hydroxyl groups excluding tert-OH is 2. The van der Waals surface area contributed by atoms with Crippen molar-refractivity contribution >= 4 is 5.97 Å². The summed E-state index contributed by atoms with van der Waals surface area (Å²) in [5, 5.41) is 29.9. The highest BCUT2D eigenvalue weighted by Crippen LogP contribution is 2.16. The fourth-order valence-electron chi connectivity index (χ4n) is 1.99. The molecule has 1 aromatic carbocycles. The lowest BCUT2D eigenvalue weighted by atomic mass is 10.0. The number of benzene rings is 1. The molecule has 6 nitrogen and oxygen atoms in total. The van der Waals surface area contributed by atoms with Crippen molar-refractivity contribution in [1.29, 1.82) is 0 Å². The quantitative estimate of drug-likeness (QED) is 0.642. The highest BCUT2D eigenvalue weighted by atomic mass is 16.5. The molecule has 0 radical (unpaired) electrons. The predicted molar refractivity (Wildman–Crippen MR) is 78.4 cm³/mol. The molecular formula is C15H23NO5. The fraction of sp³-hybridized carbons (Fsp3) is 0.533. The van der Waals surface area contributed by atoms with Gasteiger partial charge in [-0.3, -0.25) is 4.79 Å². The SMILES string of the molecule is CCC(=O)O.COc1ccc(CC2NCC(O)C2O)cc1. The standard InChI is InChI=1S/C12H17NO3.C3H6O2/c1-16-9-4-2-8(3-5-9)6-10-12(15)11(14)7-13-10;1-2-3(4)5/h2-5,10-15H,6-7H2,1H3;2H2,1H3,(H,4,5). The van der Waals surface area contributed by atoms with E-state index in [9.17, 15) is 15.0 Å². The van der Waals surface area contributed by atoms with Crippen molar-refractivity contribution < 1.29 is 24.9 Å². The van der Waals surface area contributed by atoms with Gasteiger partial charge in [0.05, 0.1) is 19.3 Å². The van der Waals surface area contributed by atoms with Crippen molar-refractivity contribution in [3.63, 3.8) is 0 Å². The van der Waals surface area contributed by atoms with Gasteiger partial charge >= 0.3 is 5.97 Å². The smallest absolute Gasteiger partial charge is 0.303 e. The molecule has 1 fully saturated rings. The third kappa shape index (κ3) is 5.71. The van der Waals surface area contributed by atoms with Gasteiger partial charge in [-0.15, -0.1) is 0 Å². The summed E-state index contributed by atoms with van der Waals surface area (Å²) in [6, 6.07) is 7.67. The van der Waals surface area contributed by atoms with E-state index < -0.39 is 18.2 Å². The first-order valence-corrected chi connectivity index (χ1v) is 6.92. The Balaban J connectivity index is 0.000000383. The van der Waals surface area contributed by atoms with Gasteiger partial charge < -0.3 is 25.4 Å². The molecule has 0 bridgehead atoms. The number of β-amino-alcohol motifs (C(OH)–C–C–N with tert-alkyl or cyclic N) is 1. The molecule has 0 spiro atoms. The van der Waals surface area contributed by atoms with Crippen LogP contribution in [0.25, 0.3) is 0 Å².